The Morgan fingerprint density at radius 1 is 1.50 bits per heavy atom. The van der Waals surface area contributed by atoms with Gasteiger partial charge in [0.1, 0.15) is 17.6 Å². The molecular formula is C14H20N6O2. The standard InChI is InChI=1S/C14H20N6O2/c1-8(2)12-17-13(19-18-12)11-7-20(4-5-22-11)14(21)10-6-15-9(3)16-10/h6,8,11H,4-5,7H2,1-3H3,(H,15,16)(H,17,18,19)/t11-/m0/s1. The number of aryl methyl sites for hydroxylation is 1. The zero-order valence-corrected chi connectivity index (χ0v) is 13.0. The summed E-state index contributed by atoms with van der Waals surface area (Å²) >= 11 is 0. The molecule has 8 nitrogen and oxygen atoms in total. The zero-order valence-electron chi connectivity index (χ0n) is 13.0. The molecule has 2 aromatic heterocycles. The lowest BCUT2D eigenvalue weighted by atomic mass is 10.2. The van der Waals surface area contributed by atoms with Crippen molar-refractivity contribution in [2.24, 2.45) is 0 Å². The summed E-state index contributed by atoms with van der Waals surface area (Å²) < 4.78 is 5.73. The van der Waals surface area contributed by atoms with E-state index in [1.165, 1.54) is 0 Å². The maximum Gasteiger partial charge on any atom is 0.272 e. The third-order valence-corrected chi connectivity index (χ3v) is 3.63. The van der Waals surface area contributed by atoms with E-state index in [1.54, 1.807) is 11.1 Å². The van der Waals surface area contributed by atoms with E-state index in [1.807, 2.05) is 20.8 Å². The van der Waals surface area contributed by atoms with E-state index in [9.17, 15) is 4.79 Å². The minimum atomic E-state index is -0.276. The molecule has 8 heteroatoms. The van der Waals surface area contributed by atoms with E-state index in [4.69, 9.17) is 4.74 Å². The minimum absolute atomic E-state index is 0.0718. The number of rotatable bonds is 3. The number of carbonyl (C=O) groups excluding carboxylic acids is 1. The molecule has 0 radical (unpaired) electrons. The maximum atomic E-state index is 12.5. The minimum Gasteiger partial charge on any atom is -0.367 e. The molecule has 1 aliphatic rings. The van der Waals surface area contributed by atoms with Crippen LogP contribution < -0.4 is 0 Å². The number of ether oxygens (including phenoxy) is 1. The second-order valence-electron chi connectivity index (χ2n) is 5.73. The number of H-pyrrole nitrogens is 2. The highest BCUT2D eigenvalue weighted by atomic mass is 16.5. The molecule has 1 aliphatic heterocycles. The molecule has 0 aromatic carbocycles. The number of morpholine rings is 1. The number of carbonyl (C=O) groups is 1. The van der Waals surface area contributed by atoms with Crippen LogP contribution in [0, 0.1) is 6.92 Å². The monoisotopic (exact) mass is 304 g/mol. The smallest absolute Gasteiger partial charge is 0.272 e. The molecule has 1 saturated heterocycles. The second-order valence-corrected chi connectivity index (χ2v) is 5.73. The molecule has 2 aromatic rings. The molecular weight excluding hydrogens is 284 g/mol. The molecule has 1 atom stereocenters. The first-order valence-corrected chi connectivity index (χ1v) is 7.39. The Morgan fingerprint density at radius 2 is 2.32 bits per heavy atom. The van der Waals surface area contributed by atoms with Crippen LogP contribution in [0.15, 0.2) is 6.20 Å². The molecule has 3 heterocycles. The Balaban J connectivity index is 1.72. The summed E-state index contributed by atoms with van der Waals surface area (Å²) in [4.78, 5) is 25.7. The van der Waals surface area contributed by atoms with Gasteiger partial charge >= 0.3 is 0 Å². The molecule has 0 aliphatic carbocycles. The van der Waals surface area contributed by atoms with Crippen LogP contribution in [-0.2, 0) is 4.74 Å². The van der Waals surface area contributed by atoms with Crippen LogP contribution in [0.1, 0.15) is 53.8 Å². The first kappa shape index (κ1) is 14.7. The van der Waals surface area contributed by atoms with Gasteiger partial charge in [0.05, 0.1) is 19.3 Å². The zero-order chi connectivity index (χ0) is 15.7. The number of aromatic amines is 2. The average molecular weight is 304 g/mol. The maximum absolute atomic E-state index is 12.5. The van der Waals surface area contributed by atoms with Crippen molar-refractivity contribution in [1.82, 2.24) is 30.0 Å². The fourth-order valence-electron chi connectivity index (χ4n) is 2.39. The molecule has 118 valence electrons. The highest BCUT2D eigenvalue weighted by Crippen LogP contribution is 2.21. The van der Waals surface area contributed by atoms with Gasteiger partial charge in [-0.3, -0.25) is 9.89 Å². The number of hydrogen-bond acceptors (Lipinski definition) is 5. The first-order chi connectivity index (χ1) is 10.5. The van der Waals surface area contributed by atoms with E-state index >= 15 is 0 Å². The van der Waals surface area contributed by atoms with Crippen molar-refractivity contribution in [2.75, 3.05) is 19.7 Å². The lowest BCUT2D eigenvalue weighted by Crippen LogP contribution is -2.42. The Hall–Kier alpha value is -2.22. The third kappa shape index (κ3) is 2.87. The Morgan fingerprint density at radius 3 is 2.95 bits per heavy atom. The Kier molecular flexibility index (Phi) is 3.93. The summed E-state index contributed by atoms with van der Waals surface area (Å²) in [6.45, 7) is 7.36. The van der Waals surface area contributed by atoms with Gasteiger partial charge in [-0.2, -0.15) is 5.10 Å². The van der Waals surface area contributed by atoms with E-state index in [-0.39, 0.29) is 17.9 Å². The molecule has 0 bridgehead atoms. The van der Waals surface area contributed by atoms with Gasteiger partial charge < -0.3 is 14.6 Å². The van der Waals surface area contributed by atoms with Gasteiger partial charge in [0.2, 0.25) is 0 Å². The van der Waals surface area contributed by atoms with Gasteiger partial charge in [0.25, 0.3) is 5.91 Å². The molecule has 2 N–H and O–H groups in total. The SMILES string of the molecule is Cc1ncc(C(=O)N2CCO[C@H](c3nc(C(C)C)n[nH]3)C2)[nH]1. The normalized spacial score (nSPS) is 18.9. The summed E-state index contributed by atoms with van der Waals surface area (Å²) in [6, 6.07) is 0. The highest BCUT2D eigenvalue weighted by Gasteiger charge is 2.29. The second kappa shape index (κ2) is 5.88. The lowest BCUT2D eigenvalue weighted by molar-refractivity contribution is -0.0268. The van der Waals surface area contributed by atoms with Gasteiger partial charge in [0.15, 0.2) is 11.6 Å². The van der Waals surface area contributed by atoms with Crippen LogP contribution in [0.5, 0.6) is 0 Å². The van der Waals surface area contributed by atoms with Crippen molar-refractivity contribution >= 4 is 5.91 Å². The molecule has 0 unspecified atom stereocenters. The van der Waals surface area contributed by atoms with Gasteiger partial charge in [0, 0.05) is 12.5 Å². The van der Waals surface area contributed by atoms with Gasteiger partial charge in [-0.25, -0.2) is 9.97 Å². The Labute approximate surface area is 128 Å². The summed E-state index contributed by atoms with van der Waals surface area (Å²) in [5.41, 5.74) is 0.499. The summed E-state index contributed by atoms with van der Waals surface area (Å²) in [7, 11) is 0. The number of hydrogen-bond donors (Lipinski definition) is 2. The van der Waals surface area contributed by atoms with Crippen molar-refractivity contribution in [3.05, 3.63) is 29.4 Å². The third-order valence-electron chi connectivity index (χ3n) is 3.63. The van der Waals surface area contributed by atoms with Crippen molar-refractivity contribution in [1.29, 1.82) is 0 Å². The van der Waals surface area contributed by atoms with Crippen LogP contribution in [0.3, 0.4) is 0 Å². The van der Waals surface area contributed by atoms with Crippen LogP contribution in [-0.4, -0.2) is 55.7 Å². The Bertz CT molecular complexity index is 662. The van der Waals surface area contributed by atoms with E-state index in [2.05, 4.69) is 25.1 Å². The topological polar surface area (TPSA) is 99.8 Å². The molecule has 0 spiro atoms. The van der Waals surface area contributed by atoms with Crippen molar-refractivity contribution in [3.8, 4) is 0 Å². The molecule has 1 fully saturated rings. The van der Waals surface area contributed by atoms with Gasteiger partial charge in [-0.1, -0.05) is 13.8 Å². The number of aromatic nitrogens is 5. The summed E-state index contributed by atoms with van der Waals surface area (Å²) in [5.74, 6) is 2.33. The molecule has 22 heavy (non-hydrogen) atoms. The summed E-state index contributed by atoms with van der Waals surface area (Å²) in [5, 5.41) is 7.10. The fraction of sp³-hybridized carbons (Fsp3) is 0.571. The molecule has 3 rings (SSSR count). The van der Waals surface area contributed by atoms with Gasteiger partial charge in [-0.05, 0) is 6.92 Å². The predicted molar refractivity (Wildman–Crippen MR) is 78.4 cm³/mol. The van der Waals surface area contributed by atoms with Crippen LogP contribution >= 0.6 is 0 Å². The van der Waals surface area contributed by atoms with Crippen LogP contribution in [0.4, 0.5) is 0 Å². The average Bonchev–Trinajstić information content (AvgIpc) is 3.15. The van der Waals surface area contributed by atoms with Crippen molar-refractivity contribution in [2.45, 2.75) is 32.8 Å². The number of nitrogens with one attached hydrogen (secondary N) is 2. The van der Waals surface area contributed by atoms with E-state index < -0.39 is 0 Å². The fourth-order valence-corrected chi connectivity index (χ4v) is 2.39. The number of amides is 1. The largest absolute Gasteiger partial charge is 0.367 e. The van der Waals surface area contributed by atoms with Crippen molar-refractivity contribution in [3.63, 3.8) is 0 Å². The summed E-state index contributed by atoms with van der Waals surface area (Å²) in [6.07, 6.45) is 1.29. The lowest BCUT2D eigenvalue weighted by Gasteiger charge is -2.31. The molecule has 1 amide bonds. The van der Waals surface area contributed by atoms with Crippen molar-refractivity contribution < 1.29 is 9.53 Å². The number of imidazole rings is 1. The number of nitrogens with zero attached hydrogens (tertiary/aromatic N) is 4. The van der Waals surface area contributed by atoms with E-state index in [0.717, 1.165) is 11.6 Å². The molecule has 0 saturated carbocycles. The predicted octanol–water partition coefficient (Wildman–Crippen LogP) is 1.17. The van der Waals surface area contributed by atoms with Gasteiger partial charge in [-0.15, -0.1) is 0 Å². The van der Waals surface area contributed by atoms with Crippen LogP contribution in [0.25, 0.3) is 0 Å². The van der Waals surface area contributed by atoms with E-state index in [0.29, 0.717) is 31.2 Å². The first-order valence-electron chi connectivity index (χ1n) is 7.39. The van der Waals surface area contributed by atoms with Crippen LogP contribution in [0.2, 0.25) is 0 Å². The quantitative estimate of drug-likeness (QED) is 0.886. The highest BCUT2D eigenvalue weighted by molar-refractivity contribution is 5.92.